The van der Waals surface area contributed by atoms with Gasteiger partial charge in [-0.2, -0.15) is 0 Å². The van der Waals surface area contributed by atoms with Crippen molar-refractivity contribution in [2.45, 2.75) is 57.0 Å². The molecule has 0 aromatic heterocycles. The summed E-state index contributed by atoms with van der Waals surface area (Å²) < 4.78 is 0. The van der Waals surface area contributed by atoms with Crippen molar-refractivity contribution in [2.75, 3.05) is 7.05 Å². The van der Waals surface area contributed by atoms with Gasteiger partial charge in [-0.25, -0.2) is 0 Å². The van der Waals surface area contributed by atoms with Crippen LogP contribution in [0.1, 0.15) is 45.4 Å². The predicted octanol–water partition coefficient (Wildman–Crippen LogP) is 7.16. The molecule has 8 rings (SSSR count). The van der Waals surface area contributed by atoms with E-state index in [4.69, 9.17) is 0 Å². The van der Waals surface area contributed by atoms with Gasteiger partial charge in [-0.3, -0.25) is 4.90 Å². The standard InChI is InChI=1S/C30H35NP.C5H5.Fe/c1-22(31(2)30-19-23-16-24(20-30)18-25(17-23)21-30)28-14-9-15-29(28)32(26-10-5-3-6-11-26)27-12-7-4-8-13-27;1-2-4-5-3-1;/h3-15,22-25H,16-21H2,1-2H3;1-5H;/q;;+2/t22-,23?,24?,25?,30?;;/m1../s1. The van der Waals surface area contributed by atoms with Crippen LogP contribution in [0.3, 0.4) is 0 Å². The molecule has 0 unspecified atom stereocenters. The van der Waals surface area contributed by atoms with Crippen molar-refractivity contribution in [3.8, 4) is 0 Å². The fourth-order valence-electron chi connectivity index (χ4n) is 8.00. The van der Waals surface area contributed by atoms with Gasteiger partial charge < -0.3 is 0 Å². The van der Waals surface area contributed by atoms with Gasteiger partial charge in [0.05, 0.1) is 0 Å². The first-order valence-electron chi connectivity index (χ1n) is 14.2. The average molecular weight is 562 g/mol. The van der Waals surface area contributed by atoms with Crippen LogP contribution in [0.2, 0.25) is 0 Å². The molecule has 6 aliphatic rings. The minimum absolute atomic E-state index is 0. The van der Waals surface area contributed by atoms with Gasteiger partial charge in [0.15, 0.2) is 0 Å². The molecule has 196 valence electrons. The maximum Gasteiger partial charge on any atom is 2.00 e. The third kappa shape index (κ3) is 6.00. The van der Waals surface area contributed by atoms with E-state index in [1.807, 2.05) is 32.1 Å². The second-order valence-electron chi connectivity index (χ2n) is 11.8. The molecule has 6 aliphatic carbocycles. The van der Waals surface area contributed by atoms with E-state index in [0.29, 0.717) is 11.6 Å². The van der Waals surface area contributed by atoms with Gasteiger partial charge in [0, 0.05) is 23.2 Å². The van der Waals surface area contributed by atoms with Crippen molar-refractivity contribution in [3.63, 3.8) is 0 Å². The normalized spacial score (nSPS) is 31.3. The predicted molar refractivity (Wildman–Crippen MR) is 158 cm³/mol. The van der Waals surface area contributed by atoms with Crippen LogP contribution < -0.4 is 10.6 Å². The van der Waals surface area contributed by atoms with Gasteiger partial charge in [-0.1, -0.05) is 60.7 Å². The zero-order valence-corrected chi connectivity index (χ0v) is 24.7. The Balaban J connectivity index is 0.000000442. The SMILES string of the molecule is C[C@H]([C]1[CH][CH][CH][C]1P(c1ccccc1)c1ccccc1)N(C)C12CC3CC(CC(C3)C1)C2.[CH]1[CH][CH][CH][CH]1.[Fe+2]. The van der Waals surface area contributed by atoms with Gasteiger partial charge in [-0.15, -0.1) is 0 Å². The first-order valence-corrected chi connectivity index (χ1v) is 15.5. The smallest absolute Gasteiger partial charge is 0.297 e. The molecule has 10 radical (unpaired) electrons. The summed E-state index contributed by atoms with van der Waals surface area (Å²) in [6, 6.07) is 22.8. The number of rotatable bonds is 6. The van der Waals surface area contributed by atoms with Gasteiger partial charge in [0.25, 0.3) is 0 Å². The summed E-state index contributed by atoms with van der Waals surface area (Å²) in [5.74, 6) is 4.50. The first-order chi connectivity index (χ1) is 18.1. The van der Waals surface area contributed by atoms with E-state index in [1.165, 1.54) is 49.1 Å². The van der Waals surface area contributed by atoms with Crippen LogP contribution in [0.4, 0.5) is 0 Å². The minimum Gasteiger partial charge on any atom is -0.297 e. The molecule has 0 saturated heterocycles. The van der Waals surface area contributed by atoms with Crippen molar-refractivity contribution in [2.24, 2.45) is 17.8 Å². The van der Waals surface area contributed by atoms with Crippen LogP contribution >= 0.6 is 7.92 Å². The maximum atomic E-state index is 2.82. The van der Waals surface area contributed by atoms with Crippen LogP contribution in [0.15, 0.2) is 60.7 Å². The number of hydrogen-bond acceptors (Lipinski definition) is 1. The summed E-state index contributed by atoms with van der Waals surface area (Å²) in [6.07, 6.45) is 26.0. The molecule has 0 heterocycles. The summed E-state index contributed by atoms with van der Waals surface area (Å²) in [6.45, 7) is 2.47. The molecule has 0 N–H and O–H groups in total. The van der Waals surface area contributed by atoms with E-state index in [-0.39, 0.29) is 17.1 Å². The molecule has 6 saturated carbocycles. The van der Waals surface area contributed by atoms with Crippen LogP contribution in [-0.2, 0) is 17.1 Å². The third-order valence-electron chi connectivity index (χ3n) is 9.44. The Morgan fingerprint density at radius 3 is 1.58 bits per heavy atom. The maximum absolute atomic E-state index is 2.82. The molecule has 2 aromatic carbocycles. The van der Waals surface area contributed by atoms with E-state index in [9.17, 15) is 0 Å². The Hall–Kier alpha value is -0.651. The third-order valence-corrected chi connectivity index (χ3v) is 12.0. The molecule has 1 nitrogen and oxygen atoms in total. The fraction of sp³-hybridized carbons (Fsp3) is 0.371. The topological polar surface area (TPSA) is 3.24 Å². The minimum atomic E-state index is -0.547. The average Bonchev–Trinajstić information content (AvgIpc) is 3.65. The van der Waals surface area contributed by atoms with Crippen molar-refractivity contribution in [1.82, 2.24) is 4.90 Å². The van der Waals surface area contributed by atoms with Crippen LogP contribution in [0.5, 0.6) is 0 Å². The fourth-order valence-corrected chi connectivity index (χ4v) is 10.5. The summed E-state index contributed by atoms with van der Waals surface area (Å²) in [5.41, 5.74) is 1.98. The largest absolute Gasteiger partial charge is 2.00 e. The van der Waals surface area contributed by atoms with Crippen molar-refractivity contribution < 1.29 is 17.1 Å². The van der Waals surface area contributed by atoms with Gasteiger partial charge in [0.1, 0.15) is 0 Å². The zero-order valence-electron chi connectivity index (χ0n) is 22.7. The second kappa shape index (κ2) is 12.9. The summed E-state index contributed by atoms with van der Waals surface area (Å²) in [4.78, 5) is 2.82. The van der Waals surface area contributed by atoms with Crippen LogP contribution in [0, 0.1) is 80.7 Å². The van der Waals surface area contributed by atoms with E-state index >= 15 is 0 Å². The molecule has 1 atom stereocenters. The molecule has 0 amide bonds. The Bertz CT molecular complexity index is 907. The monoisotopic (exact) mass is 561 g/mol. The van der Waals surface area contributed by atoms with Gasteiger partial charge >= 0.3 is 17.1 Å². The van der Waals surface area contributed by atoms with Crippen molar-refractivity contribution in [3.05, 3.63) is 124 Å². The summed E-state index contributed by atoms with van der Waals surface area (Å²) in [5, 5.41) is 2.90. The first kappa shape index (κ1) is 28.9. The quantitative estimate of drug-likeness (QED) is 0.267. The Morgan fingerprint density at radius 1 is 0.684 bits per heavy atom. The van der Waals surface area contributed by atoms with E-state index in [0.717, 1.165) is 17.8 Å². The summed E-state index contributed by atoms with van der Waals surface area (Å²) in [7, 11) is 1.90. The van der Waals surface area contributed by atoms with Gasteiger partial charge in [-0.05, 0) is 140 Å². The zero-order chi connectivity index (χ0) is 25.2. The van der Waals surface area contributed by atoms with E-state index in [1.54, 1.807) is 11.6 Å². The summed E-state index contributed by atoms with van der Waals surface area (Å²) >= 11 is 0. The molecule has 0 aliphatic heterocycles. The Labute approximate surface area is 245 Å². The van der Waals surface area contributed by atoms with Crippen LogP contribution in [0.25, 0.3) is 0 Å². The number of nitrogens with zero attached hydrogens (tertiary/aromatic N) is 1. The molecule has 0 spiro atoms. The number of benzene rings is 2. The van der Waals surface area contributed by atoms with E-state index in [2.05, 4.69) is 98.8 Å². The second-order valence-corrected chi connectivity index (χ2v) is 13.9. The van der Waals surface area contributed by atoms with E-state index < -0.39 is 7.92 Å². The van der Waals surface area contributed by atoms with Gasteiger partial charge in [0.2, 0.25) is 0 Å². The van der Waals surface area contributed by atoms with Crippen LogP contribution in [-0.4, -0.2) is 23.5 Å². The Morgan fingerprint density at radius 2 is 1.13 bits per heavy atom. The molecule has 2 aromatic rings. The van der Waals surface area contributed by atoms with Crippen molar-refractivity contribution in [1.29, 1.82) is 0 Å². The molecule has 4 bridgehead atoms. The molecule has 3 heteroatoms. The molecular formula is C35H40FeNP+2. The van der Waals surface area contributed by atoms with Crippen molar-refractivity contribution >= 4 is 18.5 Å². The molecular weight excluding hydrogens is 521 g/mol. The number of hydrogen-bond donors (Lipinski definition) is 0. The molecule has 38 heavy (non-hydrogen) atoms. The Kier molecular flexibility index (Phi) is 9.79. The molecule has 6 fully saturated rings.